The number of fused-ring (bicyclic) bond motifs is 9. The van der Waals surface area contributed by atoms with Crippen LogP contribution in [-0.4, -0.2) is 4.57 Å². The normalized spacial score (nSPS) is 12.8. The van der Waals surface area contributed by atoms with E-state index in [1.54, 1.807) is 0 Å². The van der Waals surface area contributed by atoms with Gasteiger partial charge >= 0.3 is 0 Å². The summed E-state index contributed by atoms with van der Waals surface area (Å²) in [6.45, 7) is 9.05. The predicted octanol–water partition coefficient (Wildman–Crippen LogP) is 18.1. The summed E-state index contributed by atoms with van der Waals surface area (Å²) in [5.74, 6) is 0. The summed E-state index contributed by atoms with van der Waals surface area (Å²) in [5, 5.41) is 4.76. The Morgan fingerprint density at radius 3 is 1.49 bits per heavy atom. The molecule has 0 fully saturated rings. The van der Waals surface area contributed by atoms with Gasteiger partial charge in [0.05, 0.1) is 11.0 Å². The fraction of sp³-hybridized carbons (Fsp3) is 0.0769. The van der Waals surface area contributed by atoms with Crippen LogP contribution >= 0.6 is 0 Å². The van der Waals surface area contributed by atoms with Crippen LogP contribution in [0.1, 0.15) is 36.1 Å². The van der Waals surface area contributed by atoms with Crippen LogP contribution in [0, 0.1) is 13.8 Å². The Bertz CT molecular complexity index is 3830. The Morgan fingerprint density at radius 1 is 0.368 bits per heavy atom. The van der Waals surface area contributed by atoms with Crippen molar-refractivity contribution in [2.75, 3.05) is 4.90 Å². The van der Waals surface area contributed by atoms with Gasteiger partial charge in [-0.25, -0.2) is 0 Å². The van der Waals surface area contributed by atoms with Crippen LogP contribution in [0.3, 0.4) is 0 Å². The van der Waals surface area contributed by atoms with Gasteiger partial charge in [0.25, 0.3) is 0 Å². The molecule has 3 nitrogen and oxygen atoms in total. The molecule has 0 unspecified atom stereocenters. The molecule has 68 heavy (non-hydrogen) atoms. The molecular formula is C65H48N2O. The lowest BCUT2D eigenvalue weighted by atomic mass is 9.82. The third-order valence-electron chi connectivity index (χ3n) is 14.6. The molecule has 0 radical (unpaired) electrons. The Labute approximate surface area is 396 Å². The molecule has 1 aliphatic rings. The number of aryl methyl sites for hydroxylation is 2. The zero-order valence-corrected chi connectivity index (χ0v) is 38.6. The van der Waals surface area contributed by atoms with Gasteiger partial charge in [0.2, 0.25) is 0 Å². The summed E-state index contributed by atoms with van der Waals surface area (Å²) in [4.78, 5) is 2.41. The number of aromatic nitrogens is 1. The minimum atomic E-state index is -0.255. The Hall–Kier alpha value is -8.40. The fourth-order valence-corrected chi connectivity index (χ4v) is 10.9. The number of anilines is 3. The van der Waals surface area contributed by atoms with Gasteiger partial charge in [-0.1, -0.05) is 158 Å². The fourth-order valence-electron chi connectivity index (χ4n) is 10.9. The highest BCUT2D eigenvalue weighted by Gasteiger charge is 2.36. The average molecular weight is 873 g/mol. The van der Waals surface area contributed by atoms with Crippen molar-refractivity contribution in [1.82, 2.24) is 4.57 Å². The van der Waals surface area contributed by atoms with E-state index < -0.39 is 0 Å². The molecule has 12 aromatic rings. The van der Waals surface area contributed by atoms with Gasteiger partial charge in [-0.05, 0) is 154 Å². The average Bonchev–Trinajstić information content (AvgIpc) is 3.99. The van der Waals surface area contributed by atoms with Gasteiger partial charge in [0, 0.05) is 49.7 Å². The van der Waals surface area contributed by atoms with E-state index in [1.165, 1.54) is 94.3 Å². The van der Waals surface area contributed by atoms with Gasteiger partial charge in [-0.15, -0.1) is 0 Å². The van der Waals surface area contributed by atoms with Crippen molar-refractivity contribution >= 4 is 60.8 Å². The largest absolute Gasteiger partial charge is 0.456 e. The first-order valence-electron chi connectivity index (χ1n) is 23.6. The van der Waals surface area contributed by atoms with Crippen LogP contribution in [0.25, 0.3) is 93.9 Å². The molecule has 0 amide bonds. The van der Waals surface area contributed by atoms with E-state index in [2.05, 4.69) is 243 Å². The van der Waals surface area contributed by atoms with Gasteiger partial charge < -0.3 is 13.9 Å². The SMILES string of the molecule is Cc1ccc(-c2ccc(N(c3ccc(-c4ccc(C)cc4)cc3)c3ccc4c(c3)C(C)(C)c3cc(-n5c6ccccc6c6cc(-c7ccc8oc9ccccc9c8c7)ccc65)ccc3-4)cc2)cc1. The summed E-state index contributed by atoms with van der Waals surface area (Å²) in [6, 6.07) is 80.4. The number of benzene rings is 10. The van der Waals surface area contributed by atoms with Crippen LogP contribution in [0.5, 0.6) is 0 Å². The molecule has 324 valence electrons. The Balaban J connectivity index is 0.886. The third kappa shape index (κ3) is 6.42. The highest BCUT2D eigenvalue weighted by Crippen LogP contribution is 2.52. The van der Waals surface area contributed by atoms with Crippen molar-refractivity contribution < 1.29 is 4.42 Å². The van der Waals surface area contributed by atoms with Crippen molar-refractivity contribution in [1.29, 1.82) is 0 Å². The number of hydrogen-bond acceptors (Lipinski definition) is 2. The van der Waals surface area contributed by atoms with Crippen molar-refractivity contribution in [2.24, 2.45) is 0 Å². The van der Waals surface area contributed by atoms with Gasteiger partial charge in [-0.2, -0.15) is 0 Å². The lowest BCUT2D eigenvalue weighted by Crippen LogP contribution is -2.17. The molecule has 10 aromatic carbocycles. The Morgan fingerprint density at radius 2 is 0.838 bits per heavy atom. The van der Waals surface area contributed by atoms with E-state index in [9.17, 15) is 0 Å². The summed E-state index contributed by atoms with van der Waals surface area (Å²) in [5.41, 5.74) is 23.5. The molecule has 0 aliphatic heterocycles. The quantitative estimate of drug-likeness (QED) is 0.159. The van der Waals surface area contributed by atoms with Crippen molar-refractivity contribution in [3.05, 3.63) is 241 Å². The van der Waals surface area contributed by atoms with Crippen LogP contribution in [0.4, 0.5) is 17.1 Å². The first-order valence-corrected chi connectivity index (χ1v) is 23.6. The molecule has 0 saturated carbocycles. The standard InChI is InChI=1S/C65H48N2O/c1-41-13-17-43(18-14-41)45-21-27-49(28-22-45)66(50-29-23-46(24-30-50)44-19-15-42(2)16-20-44)51-31-33-53-54-34-32-52(40-60(54)65(3,4)59(53)39-51)67-61-11-7-5-9-55(61)57-37-47(25-35-62(57)67)48-26-36-64-58(38-48)56-10-6-8-12-63(56)68-64/h5-40H,1-4H3. The van der Waals surface area contributed by atoms with Crippen LogP contribution in [0.2, 0.25) is 0 Å². The monoisotopic (exact) mass is 872 g/mol. The summed E-state index contributed by atoms with van der Waals surface area (Å²) < 4.78 is 8.63. The zero-order chi connectivity index (χ0) is 45.7. The van der Waals surface area contributed by atoms with E-state index >= 15 is 0 Å². The van der Waals surface area contributed by atoms with Crippen LogP contribution in [0.15, 0.2) is 223 Å². The van der Waals surface area contributed by atoms with E-state index in [0.29, 0.717) is 0 Å². The zero-order valence-electron chi connectivity index (χ0n) is 38.6. The minimum Gasteiger partial charge on any atom is -0.456 e. The van der Waals surface area contributed by atoms with Crippen LogP contribution in [-0.2, 0) is 5.41 Å². The second-order valence-corrected chi connectivity index (χ2v) is 19.1. The molecule has 0 N–H and O–H groups in total. The predicted molar refractivity (Wildman–Crippen MR) is 286 cm³/mol. The summed E-state index contributed by atoms with van der Waals surface area (Å²) in [6.07, 6.45) is 0. The molecule has 2 heterocycles. The topological polar surface area (TPSA) is 21.3 Å². The second kappa shape index (κ2) is 15.3. The molecule has 0 atom stereocenters. The molecule has 13 rings (SSSR count). The lowest BCUT2D eigenvalue weighted by molar-refractivity contribution is 0.660. The maximum atomic E-state index is 6.18. The van der Waals surface area contributed by atoms with Crippen molar-refractivity contribution in [3.63, 3.8) is 0 Å². The molecule has 0 spiro atoms. The lowest BCUT2D eigenvalue weighted by Gasteiger charge is -2.28. The van der Waals surface area contributed by atoms with E-state index in [1.807, 2.05) is 12.1 Å². The molecule has 2 aromatic heterocycles. The Kier molecular flexibility index (Phi) is 9.00. The first-order chi connectivity index (χ1) is 33.2. The molecular weight excluding hydrogens is 825 g/mol. The van der Waals surface area contributed by atoms with E-state index in [4.69, 9.17) is 4.42 Å². The molecule has 0 saturated heterocycles. The smallest absolute Gasteiger partial charge is 0.135 e. The molecule has 1 aliphatic carbocycles. The number of para-hydroxylation sites is 2. The van der Waals surface area contributed by atoms with E-state index in [-0.39, 0.29) is 5.41 Å². The molecule has 0 bridgehead atoms. The third-order valence-corrected chi connectivity index (χ3v) is 14.6. The maximum Gasteiger partial charge on any atom is 0.135 e. The van der Waals surface area contributed by atoms with Gasteiger partial charge in [0.1, 0.15) is 11.2 Å². The minimum absolute atomic E-state index is 0.255. The number of nitrogens with zero attached hydrogens (tertiary/aromatic N) is 2. The maximum absolute atomic E-state index is 6.18. The highest BCUT2D eigenvalue weighted by atomic mass is 16.3. The number of furan rings is 1. The number of rotatable bonds is 7. The summed E-state index contributed by atoms with van der Waals surface area (Å²) in [7, 11) is 0. The van der Waals surface area contributed by atoms with Gasteiger partial charge in [-0.3, -0.25) is 0 Å². The highest BCUT2D eigenvalue weighted by molar-refractivity contribution is 6.11. The van der Waals surface area contributed by atoms with Crippen molar-refractivity contribution in [2.45, 2.75) is 33.1 Å². The second-order valence-electron chi connectivity index (χ2n) is 19.1. The number of hydrogen-bond donors (Lipinski definition) is 0. The first kappa shape index (κ1) is 39.9. The van der Waals surface area contributed by atoms with Crippen LogP contribution < -0.4 is 4.90 Å². The summed E-state index contributed by atoms with van der Waals surface area (Å²) >= 11 is 0. The van der Waals surface area contributed by atoms with Crippen molar-refractivity contribution in [3.8, 4) is 50.2 Å². The molecule has 3 heteroatoms. The van der Waals surface area contributed by atoms with E-state index in [0.717, 1.165) is 39.0 Å². The van der Waals surface area contributed by atoms with Gasteiger partial charge in [0.15, 0.2) is 0 Å².